The summed E-state index contributed by atoms with van der Waals surface area (Å²) in [7, 11) is 1.88. The Bertz CT molecular complexity index is 751. The molecule has 2 amide bonds. The summed E-state index contributed by atoms with van der Waals surface area (Å²) in [4.78, 5) is 30.9. The van der Waals surface area contributed by atoms with Crippen molar-refractivity contribution in [3.63, 3.8) is 0 Å². The van der Waals surface area contributed by atoms with Gasteiger partial charge in [-0.05, 0) is 56.9 Å². The van der Waals surface area contributed by atoms with Crippen molar-refractivity contribution in [2.24, 2.45) is 11.7 Å². The standard InChI is InChI=1S/C22H33N5O3/c1-3-30-21(28)17-6-8-18(9-7-17)25(2)22(29)27-14-12-26(13-15-27)19-10-4-16(5-11-19)20(23)24/h4-5,10-11,17-18H,3,6-9,12-15H2,1-2H3,(H3,23,24). The molecule has 3 N–H and O–H groups in total. The minimum atomic E-state index is -0.0996. The summed E-state index contributed by atoms with van der Waals surface area (Å²) in [5.41, 5.74) is 7.31. The molecule has 30 heavy (non-hydrogen) atoms. The summed E-state index contributed by atoms with van der Waals surface area (Å²) >= 11 is 0. The number of benzene rings is 1. The molecule has 1 aromatic carbocycles. The molecule has 1 saturated carbocycles. The van der Waals surface area contributed by atoms with Gasteiger partial charge >= 0.3 is 12.0 Å². The second kappa shape index (κ2) is 9.82. The average Bonchev–Trinajstić information content (AvgIpc) is 2.78. The van der Waals surface area contributed by atoms with Crippen LogP contribution in [0.15, 0.2) is 24.3 Å². The first-order valence-electron chi connectivity index (χ1n) is 10.8. The van der Waals surface area contributed by atoms with E-state index in [-0.39, 0.29) is 29.8 Å². The third-order valence-corrected chi connectivity index (χ3v) is 6.26. The van der Waals surface area contributed by atoms with E-state index in [4.69, 9.17) is 15.9 Å². The van der Waals surface area contributed by atoms with E-state index < -0.39 is 0 Å². The van der Waals surface area contributed by atoms with E-state index in [1.807, 2.05) is 48.0 Å². The lowest BCUT2D eigenvalue weighted by atomic mass is 9.85. The smallest absolute Gasteiger partial charge is 0.320 e. The number of ether oxygens (including phenoxy) is 1. The maximum Gasteiger partial charge on any atom is 0.320 e. The predicted octanol–water partition coefficient (Wildman–Crippen LogP) is 2.27. The summed E-state index contributed by atoms with van der Waals surface area (Å²) < 4.78 is 5.14. The molecule has 8 heteroatoms. The Morgan fingerprint density at radius 1 is 1.10 bits per heavy atom. The van der Waals surface area contributed by atoms with Gasteiger partial charge in [-0.15, -0.1) is 0 Å². The number of nitrogens with one attached hydrogen (secondary N) is 1. The number of carbonyl (C=O) groups is 2. The van der Waals surface area contributed by atoms with Crippen LogP contribution >= 0.6 is 0 Å². The SMILES string of the molecule is CCOC(=O)C1CCC(N(C)C(=O)N2CCN(c3ccc(C(=N)N)cc3)CC2)CC1. The van der Waals surface area contributed by atoms with Crippen molar-refractivity contribution in [3.05, 3.63) is 29.8 Å². The first-order valence-corrected chi connectivity index (χ1v) is 10.8. The average molecular weight is 416 g/mol. The Morgan fingerprint density at radius 2 is 1.70 bits per heavy atom. The Morgan fingerprint density at radius 3 is 2.23 bits per heavy atom. The van der Waals surface area contributed by atoms with Crippen molar-refractivity contribution < 1.29 is 14.3 Å². The Kier molecular flexibility index (Phi) is 7.18. The zero-order valence-electron chi connectivity index (χ0n) is 18.0. The zero-order chi connectivity index (χ0) is 21.7. The van der Waals surface area contributed by atoms with Gasteiger partial charge in [0.1, 0.15) is 5.84 Å². The fourth-order valence-corrected chi connectivity index (χ4v) is 4.35. The molecule has 0 atom stereocenters. The molecule has 1 aromatic rings. The van der Waals surface area contributed by atoms with Gasteiger partial charge in [0, 0.05) is 50.5 Å². The normalized spacial score (nSPS) is 21.8. The Labute approximate surface area is 178 Å². The number of amides is 2. The van der Waals surface area contributed by atoms with Gasteiger partial charge in [-0.25, -0.2) is 4.79 Å². The Balaban J connectivity index is 1.48. The molecule has 3 rings (SSSR count). The van der Waals surface area contributed by atoms with Crippen molar-refractivity contribution >= 4 is 23.5 Å². The zero-order valence-corrected chi connectivity index (χ0v) is 18.0. The van der Waals surface area contributed by atoms with Gasteiger partial charge in [0.15, 0.2) is 0 Å². The quantitative estimate of drug-likeness (QED) is 0.436. The largest absolute Gasteiger partial charge is 0.466 e. The van der Waals surface area contributed by atoms with Gasteiger partial charge in [0.05, 0.1) is 12.5 Å². The van der Waals surface area contributed by atoms with Gasteiger partial charge in [-0.2, -0.15) is 0 Å². The van der Waals surface area contributed by atoms with Gasteiger partial charge in [0.25, 0.3) is 0 Å². The summed E-state index contributed by atoms with van der Waals surface area (Å²) in [6.45, 7) is 5.15. The van der Waals surface area contributed by atoms with E-state index in [1.165, 1.54) is 0 Å². The van der Waals surface area contributed by atoms with Crippen molar-refractivity contribution in [3.8, 4) is 0 Å². The van der Waals surface area contributed by atoms with Crippen molar-refractivity contribution in [1.82, 2.24) is 9.80 Å². The second-order valence-electron chi connectivity index (χ2n) is 8.09. The van der Waals surface area contributed by atoms with Gasteiger partial charge in [0.2, 0.25) is 0 Å². The molecule has 0 radical (unpaired) electrons. The maximum absolute atomic E-state index is 13.0. The molecule has 1 saturated heterocycles. The molecule has 0 unspecified atom stereocenters. The second-order valence-corrected chi connectivity index (χ2v) is 8.09. The van der Waals surface area contributed by atoms with E-state index >= 15 is 0 Å². The number of hydrogen-bond acceptors (Lipinski definition) is 5. The highest BCUT2D eigenvalue weighted by Crippen LogP contribution is 2.29. The third-order valence-electron chi connectivity index (χ3n) is 6.26. The number of nitrogens with zero attached hydrogens (tertiary/aromatic N) is 3. The first-order chi connectivity index (χ1) is 14.4. The van der Waals surface area contributed by atoms with Crippen LogP contribution < -0.4 is 10.6 Å². The van der Waals surface area contributed by atoms with Crippen LogP contribution in [0.25, 0.3) is 0 Å². The number of urea groups is 1. The monoisotopic (exact) mass is 415 g/mol. The third kappa shape index (κ3) is 5.04. The maximum atomic E-state index is 13.0. The number of rotatable bonds is 5. The fraction of sp³-hybridized carbons (Fsp3) is 0.591. The molecule has 164 valence electrons. The van der Waals surface area contributed by atoms with Crippen LogP contribution in [0.4, 0.5) is 10.5 Å². The molecule has 1 aliphatic carbocycles. The van der Waals surface area contributed by atoms with E-state index in [0.717, 1.165) is 44.5 Å². The summed E-state index contributed by atoms with van der Waals surface area (Å²) in [6, 6.07) is 7.91. The number of nitrogen functional groups attached to an aromatic ring is 1. The number of nitrogens with two attached hydrogens (primary N) is 1. The van der Waals surface area contributed by atoms with E-state index in [1.54, 1.807) is 0 Å². The van der Waals surface area contributed by atoms with Crippen LogP contribution in [0.1, 0.15) is 38.2 Å². The highest BCUT2D eigenvalue weighted by atomic mass is 16.5. The lowest BCUT2D eigenvalue weighted by Gasteiger charge is -2.40. The summed E-state index contributed by atoms with van der Waals surface area (Å²) in [6.07, 6.45) is 3.25. The topological polar surface area (TPSA) is 103 Å². The number of carbonyl (C=O) groups excluding carboxylic acids is 2. The minimum Gasteiger partial charge on any atom is -0.466 e. The van der Waals surface area contributed by atoms with Gasteiger partial charge in [-0.1, -0.05) is 0 Å². The first kappa shape index (κ1) is 21.9. The number of amidine groups is 1. The minimum absolute atomic E-state index is 0.0253. The molecule has 2 fully saturated rings. The fourth-order valence-electron chi connectivity index (χ4n) is 4.35. The number of hydrogen-bond donors (Lipinski definition) is 2. The lowest BCUT2D eigenvalue weighted by Crippen LogP contribution is -2.54. The molecule has 1 aliphatic heterocycles. The molecule has 2 aliphatic rings. The van der Waals surface area contributed by atoms with Crippen LogP contribution in [-0.2, 0) is 9.53 Å². The number of esters is 1. The molecular formula is C22H33N5O3. The van der Waals surface area contributed by atoms with Crippen molar-refractivity contribution in [1.29, 1.82) is 5.41 Å². The lowest BCUT2D eigenvalue weighted by molar-refractivity contribution is -0.149. The molecular weight excluding hydrogens is 382 g/mol. The van der Waals surface area contributed by atoms with E-state index in [0.29, 0.717) is 25.3 Å². The van der Waals surface area contributed by atoms with Crippen LogP contribution in [0.3, 0.4) is 0 Å². The summed E-state index contributed by atoms with van der Waals surface area (Å²) in [5.74, 6) is -0.0590. The van der Waals surface area contributed by atoms with Gasteiger partial charge < -0.3 is 25.2 Å². The van der Waals surface area contributed by atoms with Gasteiger partial charge in [-0.3, -0.25) is 10.2 Å². The molecule has 0 bridgehead atoms. The van der Waals surface area contributed by atoms with Crippen LogP contribution in [0.2, 0.25) is 0 Å². The molecule has 0 aromatic heterocycles. The highest BCUT2D eigenvalue weighted by Gasteiger charge is 2.33. The summed E-state index contributed by atoms with van der Waals surface area (Å²) in [5, 5.41) is 7.49. The molecule has 1 heterocycles. The van der Waals surface area contributed by atoms with Crippen molar-refractivity contribution in [2.45, 2.75) is 38.6 Å². The molecule has 8 nitrogen and oxygen atoms in total. The van der Waals surface area contributed by atoms with E-state index in [2.05, 4.69) is 4.90 Å². The number of anilines is 1. The predicted molar refractivity (Wildman–Crippen MR) is 117 cm³/mol. The Hall–Kier alpha value is -2.77. The highest BCUT2D eigenvalue weighted by molar-refractivity contribution is 5.95. The molecule has 0 spiro atoms. The van der Waals surface area contributed by atoms with Crippen LogP contribution in [-0.4, -0.2) is 73.5 Å². The van der Waals surface area contributed by atoms with Crippen LogP contribution in [0, 0.1) is 11.3 Å². The van der Waals surface area contributed by atoms with Crippen molar-refractivity contribution in [2.75, 3.05) is 44.7 Å². The van der Waals surface area contributed by atoms with E-state index in [9.17, 15) is 9.59 Å². The number of piperazine rings is 1. The van der Waals surface area contributed by atoms with Crippen LogP contribution in [0.5, 0.6) is 0 Å².